The molecule has 1 amide bonds. The van der Waals surface area contributed by atoms with Crippen molar-refractivity contribution in [2.75, 3.05) is 16.8 Å². The molecule has 0 aliphatic carbocycles. The second kappa shape index (κ2) is 9.14. The van der Waals surface area contributed by atoms with Gasteiger partial charge >= 0.3 is 0 Å². The Balaban J connectivity index is 1.46. The van der Waals surface area contributed by atoms with Crippen LogP contribution < -0.4 is 10.2 Å². The van der Waals surface area contributed by atoms with Crippen molar-refractivity contribution in [2.45, 2.75) is 44.7 Å². The van der Waals surface area contributed by atoms with Crippen LogP contribution in [0.1, 0.15) is 60.9 Å². The van der Waals surface area contributed by atoms with Crippen molar-refractivity contribution < 1.29 is 4.79 Å². The average molecular weight is 420 g/mol. The van der Waals surface area contributed by atoms with Crippen LogP contribution in [0.3, 0.4) is 0 Å². The van der Waals surface area contributed by atoms with Gasteiger partial charge in [-0.1, -0.05) is 18.2 Å². The molecule has 1 aromatic carbocycles. The minimum absolute atomic E-state index is 0.0881. The summed E-state index contributed by atoms with van der Waals surface area (Å²) in [5.41, 5.74) is 2.81. The van der Waals surface area contributed by atoms with E-state index >= 15 is 0 Å². The fourth-order valence-electron chi connectivity index (χ4n) is 4.04. The molecule has 1 unspecified atom stereocenters. The molecule has 0 saturated carbocycles. The predicted octanol–water partition coefficient (Wildman–Crippen LogP) is 5.40. The minimum Gasteiger partial charge on any atom is -0.363 e. The zero-order valence-electron chi connectivity index (χ0n) is 17.0. The minimum atomic E-state index is -0.170. The number of carbonyl (C=O) groups excluding carboxylic acids is 1. The molecule has 154 valence electrons. The highest BCUT2D eigenvalue weighted by Gasteiger charge is 2.28. The van der Waals surface area contributed by atoms with Gasteiger partial charge in [0, 0.05) is 36.3 Å². The Morgan fingerprint density at radius 2 is 2.17 bits per heavy atom. The third kappa shape index (κ3) is 4.24. The van der Waals surface area contributed by atoms with Gasteiger partial charge in [0.2, 0.25) is 0 Å². The van der Waals surface area contributed by atoms with Crippen molar-refractivity contribution in [3.8, 4) is 6.07 Å². The van der Waals surface area contributed by atoms with Crippen LogP contribution >= 0.6 is 11.3 Å². The van der Waals surface area contributed by atoms with Crippen molar-refractivity contribution in [3.63, 3.8) is 0 Å². The summed E-state index contributed by atoms with van der Waals surface area (Å²) in [5, 5.41) is 14.4. The van der Waals surface area contributed by atoms with E-state index in [9.17, 15) is 4.79 Å². The third-order valence-corrected chi connectivity index (χ3v) is 6.36. The van der Waals surface area contributed by atoms with E-state index < -0.39 is 0 Å². The number of anilines is 2. The van der Waals surface area contributed by atoms with E-state index in [2.05, 4.69) is 45.9 Å². The maximum absolute atomic E-state index is 12.8. The number of hydrogen-bond acceptors (Lipinski definition) is 5. The van der Waals surface area contributed by atoms with Gasteiger partial charge in [0.05, 0.1) is 17.8 Å². The molecule has 1 fully saturated rings. The molecule has 6 nitrogen and oxygen atoms in total. The molecule has 1 aliphatic rings. The van der Waals surface area contributed by atoms with Crippen LogP contribution in [-0.2, 0) is 0 Å². The van der Waals surface area contributed by atoms with E-state index in [1.54, 1.807) is 6.07 Å². The van der Waals surface area contributed by atoms with Crippen LogP contribution in [0.4, 0.5) is 10.8 Å². The number of rotatable bonds is 7. The number of thiazole rings is 1. The van der Waals surface area contributed by atoms with Gasteiger partial charge < -0.3 is 9.47 Å². The van der Waals surface area contributed by atoms with Gasteiger partial charge in [0.15, 0.2) is 5.13 Å². The molecule has 0 radical (unpaired) electrons. The second-order valence-electron chi connectivity index (χ2n) is 7.57. The molecule has 0 spiro atoms. The maximum Gasteiger partial charge on any atom is 0.274 e. The molecule has 4 rings (SSSR count). The molecule has 3 heterocycles. The summed E-state index contributed by atoms with van der Waals surface area (Å²) in [6, 6.07) is 16.6. The number of carbonyl (C=O) groups is 1. The number of amides is 1. The fraction of sp³-hybridized carbons (Fsp3) is 0.348. The number of nitrogens with one attached hydrogen (secondary N) is 1. The number of para-hydroxylation sites is 1. The Hall–Kier alpha value is -3.11. The summed E-state index contributed by atoms with van der Waals surface area (Å²) >= 11 is 1.47. The smallest absolute Gasteiger partial charge is 0.274 e. The monoisotopic (exact) mass is 419 g/mol. The summed E-state index contributed by atoms with van der Waals surface area (Å²) in [7, 11) is 0. The van der Waals surface area contributed by atoms with Gasteiger partial charge in [-0.15, -0.1) is 11.3 Å². The van der Waals surface area contributed by atoms with Crippen molar-refractivity contribution in [1.29, 1.82) is 5.26 Å². The van der Waals surface area contributed by atoms with E-state index in [0.717, 1.165) is 25.1 Å². The second-order valence-corrected chi connectivity index (χ2v) is 8.42. The highest BCUT2D eigenvalue weighted by atomic mass is 32.1. The highest BCUT2D eigenvalue weighted by molar-refractivity contribution is 7.14. The standard InChI is InChI=1S/C23H25N5OS/c1-17(8-5-13-24)27-14-7-12-21(27)22(29)26-23-25-19(16-30-23)20-11-6-15-28(20)18-9-3-2-4-10-18/h2-4,7,9-10,12,14,16-17,20H,5-6,8,11,15H2,1H3,(H,25,26,29)/t17?,20-/m1/s1. The molecule has 1 aliphatic heterocycles. The first-order chi connectivity index (χ1) is 14.7. The van der Waals surface area contributed by atoms with Crippen LogP contribution in [0, 0.1) is 11.3 Å². The van der Waals surface area contributed by atoms with Gasteiger partial charge in [0.1, 0.15) is 5.69 Å². The average Bonchev–Trinajstić information content (AvgIpc) is 3.52. The van der Waals surface area contributed by atoms with Crippen LogP contribution in [0.25, 0.3) is 0 Å². The normalized spacial score (nSPS) is 16.9. The number of hydrogen-bond donors (Lipinski definition) is 1. The zero-order chi connectivity index (χ0) is 20.9. The third-order valence-electron chi connectivity index (χ3n) is 5.58. The van der Waals surface area contributed by atoms with E-state index in [4.69, 9.17) is 10.2 Å². The largest absolute Gasteiger partial charge is 0.363 e. The molecular weight excluding hydrogens is 394 g/mol. The van der Waals surface area contributed by atoms with Crippen LogP contribution in [0.5, 0.6) is 0 Å². The Labute approximate surface area is 180 Å². The number of benzene rings is 1. The Morgan fingerprint density at radius 1 is 1.33 bits per heavy atom. The Bertz CT molecular complexity index is 1040. The lowest BCUT2D eigenvalue weighted by Gasteiger charge is -2.25. The first-order valence-electron chi connectivity index (χ1n) is 10.3. The Kier molecular flexibility index (Phi) is 6.15. The lowest BCUT2D eigenvalue weighted by atomic mass is 10.1. The number of nitrogens with zero attached hydrogens (tertiary/aromatic N) is 4. The molecule has 3 aromatic rings. The summed E-state index contributed by atoms with van der Waals surface area (Å²) in [6.07, 6.45) is 5.26. The van der Waals surface area contributed by atoms with Crippen molar-refractivity contribution >= 4 is 28.1 Å². The molecule has 30 heavy (non-hydrogen) atoms. The van der Waals surface area contributed by atoms with Crippen LogP contribution in [0.15, 0.2) is 54.0 Å². The van der Waals surface area contributed by atoms with Crippen molar-refractivity contribution in [3.05, 3.63) is 65.4 Å². The molecular formula is C23H25N5OS. The van der Waals surface area contributed by atoms with Gasteiger partial charge in [-0.2, -0.15) is 5.26 Å². The van der Waals surface area contributed by atoms with Gasteiger partial charge in [-0.05, 0) is 50.5 Å². The Morgan fingerprint density at radius 3 is 2.97 bits per heavy atom. The fourth-order valence-corrected chi connectivity index (χ4v) is 4.80. The molecule has 1 N–H and O–H groups in total. The van der Waals surface area contributed by atoms with E-state index in [1.807, 2.05) is 29.8 Å². The van der Waals surface area contributed by atoms with E-state index in [1.165, 1.54) is 17.0 Å². The molecule has 2 atom stereocenters. The highest BCUT2D eigenvalue weighted by Crippen LogP contribution is 2.37. The summed E-state index contributed by atoms with van der Waals surface area (Å²) in [5.74, 6) is -0.170. The van der Waals surface area contributed by atoms with Gasteiger partial charge in [-0.3, -0.25) is 10.1 Å². The van der Waals surface area contributed by atoms with Gasteiger partial charge in [-0.25, -0.2) is 4.98 Å². The van der Waals surface area contributed by atoms with Crippen molar-refractivity contribution in [2.24, 2.45) is 0 Å². The number of aromatic nitrogens is 2. The van der Waals surface area contributed by atoms with Crippen LogP contribution in [0.2, 0.25) is 0 Å². The van der Waals surface area contributed by atoms with E-state index in [0.29, 0.717) is 23.7 Å². The van der Waals surface area contributed by atoms with Crippen LogP contribution in [-0.4, -0.2) is 22.0 Å². The summed E-state index contributed by atoms with van der Waals surface area (Å²) in [4.78, 5) is 20.0. The SMILES string of the molecule is CC(CCC#N)n1cccc1C(=O)Nc1nc([C@H]2CCCN2c2ccccc2)cs1. The lowest BCUT2D eigenvalue weighted by molar-refractivity contribution is 0.101. The summed E-state index contributed by atoms with van der Waals surface area (Å²) < 4.78 is 1.93. The topological polar surface area (TPSA) is 74.0 Å². The number of nitriles is 1. The maximum atomic E-state index is 12.8. The molecule has 1 saturated heterocycles. The first kappa shape index (κ1) is 20.2. The van der Waals surface area contributed by atoms with E-state index in [-0.39, 0.29) is 18.0 Å². The quantitative estimate of drug-likeness (QED) is 0.556. The first-order valence-corrected chi connectivity index (χ1v) is 11.2. The van der Waals surface area contributed by atoms with Gasteiger partial charge in [0.25, 0.3) is 5.91 Å². The zero-order valence-corrected chi connectivity index (χ0v) is 17.8. The predicted molar refractivity (Wildman–Crippen MR) is 120 cm³/mol. The molecule has 7 heteroatoms. The molecule has 2 aromatic heterocycles. The molecule has 0 bridgehead atoms. The lowest BCUT2D eigenvalue weighted by Crippen LogP contribution is -2.23. The summed E-state index contributed by atoms with van der Waals surface area (Å²) in [6.45, 7) is 3.04. The van der Waals surface area contributed by atoms with Crippen molar-refractivity contribution in [1.82, 2.24) is 9.55 Å².